The van der Waals surface area contributed by atoms with Gasteiger partial charge in [-0.2, -0.15) is 0 Å². The van der Waals surface area contributed by atoms with E-state index >= 15 is 0 Å². The van der Waals surface area contributed by atoms with Gasteiger partial charge in [-0.3, -0.25) is 0 Å². The number of alkyl halides is 1. The molecule has 4 nitrogen and oxygen atoms in total. The van der Waals surface area contributed by atoms with E-state index in [4.69, 9.17) is 10.2 Å². The molecule has 0 aliphatic carbocycles. The number of carbonyl (C=O) groups excluding carboxylic acids is 1. The number of hydrogen-bond acceptors (Lipinski definition) is 4. The van der Waals surface area contributed by atoms with E-state index in [-0.39, 0.29) is 6.61 Å². The first kappa shape index (κ1) is 9.87. The molecule has 0 radical (unpaired) electrons. The first-order chi connectivity index (χ1) is 4.72. The zero-order valence-electron chi connectivity index (χ0n) is 5.29. The number of aliphatic hydroxyl groups is 2. The van der Waals surface area contributed by atoms with Gasteiger partial charge in [0.2, 0.25) is 0 Å². The van der Waals surface area contributed by atoms with E-state index in [1.54, 1.807) is 0 Å². The van der Waals surface area contributed by atoms with Crippen molar-refractivity contribution in [3.63, 3.8) is 0 Å². The van der Waals surface area contributed by atoms with Gasteiger partial charge in [0.25, 0.3) is 0 Å². The van der Waals surface area contributed by atoms with E-state index in [9.17, 15) is 4.79 Å². The predicted octanol–water partition coefficient (Wildman–Crippen LogP) is -0.722. The van der Waals surface area contributed by atoms with Gasteiger partial charge in [-0.15, -0.1) is 0 Å². The topological polar surface area (TPSA) is 66.8 Å². The summed E-state index contributed by atoms with van der Waals surface area (Å²) in [7, 11) is 0. The summed E-state index contributed by atoms with van der Waals surface area (Å²) >= 11 is 3.03. The molecule has 0 fully saturated rings. The van der Waals surface area contributed by atoms with Crippen molar-refractivity contribution in [2.45, 2.75) is 6.10 Å². The highest BCUT2D eigenvalue weighted by atomic mass is 79.9. The van der Waals surface area contributed by atoms with E-state index in [0.29, 0.717) is 5.33 Å². The Labute approximate surface area is 66.9 Å². The summed E-state index contributed by atoms with van der Waals surface area (Å²) in [5, 5.41) is 17.4. The minimum absolute atomic E-state index is 0.204. The molecule has 1 unspecified atom stereocenters. The number of esters is 1. The average Bonchev–Trinajstić information content (AvgIpc) is 1.98. The maximum Gasteiger partial charge on any atom is 0.337 e. The van der Waals surface area contributed by atoms with Crippen LogP contribution in [0.5, 0.6) is 0 Å². The Balaban J connectivity index is 3.42. The molecular weight excluding hydrogens is 204 g/mol. The lowest BCUT2D eigenvalue weighted by atomic mass is 10.4. The largest absolute Gasteiger partial charge is 0.463 e. The Hall–Kier alpha value is -0.130. The second-order valence-electron chi connectivity index (χ2n) is 1.55. The highest BCUT2D eigenvalue weighted by Gasteiger charge is 2.13. The fourth-order valence-electron chi connectivity index (χ4n) is 0.310. The molecular formula is C5H9BrO4. The SMILES string of the molecule is O=C(OCCBr)C(O)CO. The summed E-state index contributed by atoms with van der Waals surface area (Å²) in [5.41, 5.74) is 0. The summed E-state index contributed by atoms with van der Waals surface area (Å²) in [4.78, 5) is 10.5. The van der Waals surface area contributed by atoms with Gasteiger partial charge in [0.15, 0.2) is 6.10 Å². The monoisotopic (exact) mass is 212 g/mol. The summed E-state index contributed by atoms with van der Waals surface area (Å²) in [6.45, 7) is -0.392. The zero-order chi connectivity index (χ0) is 7.98. The predicted molar refractivity (Wildman–Crippen MR) is 37.8 cm³/mol. The summed E-state index contributed by atoms with van der Waals surface area (Å²) in [6, 6.07) is 0. The van der Waals surface area contributed by atoms with Crippen LogP contribution in [-0.2, 0) is 9.53 Å². The Morgan fingerprint density at radius 2 is 2.30 bits per heavy atom. The van der Waals surface area contributed by atoms with Crippen LogP contribution in [-0.4, -0.2) is 40.8 Å². The Bertz CT molecular complexity index is 106. The number of aliphatic hydroxyl groups excluding tert-OH is 2. The van der Waals surface area contributed by atoms with Gasteiger partial charge < -0.3 is 14.9 Å². The first-order valence-electron chi connectivity index (χ1n) is 2.74. The Morgan fingerprint density at radius 1 is 1.70 bits per heavy atom. The highest BCUT2D eigenvalue weighted by Crippen LogP contribution is 1.88. The first-order valence-corrected chi connectivity index (χ1v) is 3.86. The van der Waals surface area contributed by atoms with Gasteiger partial charge in [-0.05, 0) is 0 Å². The number of ether oxygens (including phenoxy) is 1. The van der Waals surface area contributed by atoms with Crippen LogP contribution < -0.4 is 0 Å². The molecule has 0 heterocycles. The minimum atomic E-state index is -1.40. The lowest BCUT2D eigenvalue weighted by Gasteiger charge is -2.05. The van der Waals surface area contributed by atoms with Crippen LogP contribution in [0.1, 0.15) is 0 Å². The van der Waals surface area contributed by atoms with Crippen LogP contribution in [0.3, 0.4) is 0 Å². The summed E-state index contributed by atoms with van der Waals surface area (Å²) < 4.78 is 4.45. The zero-order valence-corrected chi connectivity index (χ0v) is 6.87. The molecule has 2 N–H and O–H groups in total. The van der Waals surface area contributed by atoms with E-state index in [1.165, 1.54) is 0 Å². The molecule has 0 aliphatic heterocycles. The molecule has 0 aromatic carbocycles. The van der Waals surface area contributed by atoms with Gasteiger partial charge in [0.1, 0.15) is 6.61 Å². The van der Waals surface area contributed by atoms with Crippen LogP contribution in [0, 0.1) is 0 Å². The van der Waals surface area contributed by atoms with Crippen molar-refractivity contribution in [3.05, 3.63) is 0 Å². The lowest BCUT2D eigenvalue weighted by Crippen LogP contribution is -2.26. The molecule has 0 saturated carbocycles. The minimum Gasteiger partial charge on any atom is -0.463 e. The third-order valence-corrected chi connectivity index (χ3v) is 1.09. The summed E-state index contributed by atoms with van der Waals surface area (Å²) in [5.74, 6) is -0.790. The van der Waals surface area contributed by atoms with Gasteiger partial charge >= 0.3 is 5.97 Å². The fraction of sp³-hybridized carbons (Fsp3) is 0.800. The van der Waals surface area contributed by atoms with Crippen LogP contribution in [0.4, 0.5) is 0 Å². The number of carbonyl (C=O) groups is 1. The van der Waals surface area contributed by atoms with Crippen molar-refractivity contribution < 1.29 is 19.7 Å². The van der Waals surface area contributed by atoms with Crippen molar-refractivity contribution in [2.75, 3.05) is 18.5 Å². The second-order valence-corrected chi connectivity index (χ2v) is 2.35. The van der Waals surface area contributed by atoms with E-state index in [0.717, 1.165) is 0 Å². The molecule has 0 spiro atoms. The van der Waals surface area contributed by atoms with E-state index in [1.807, 2.05) is 0 Å². The highest BCUT2D eigenvalue weighted by molar-refractivity contribution is 9.09. The third kappa shape index (κ3) is 3.81. The maximum absolute atomic E-state index is 10.5. The molecule has 10 heavy (non-hydrogen) atoms. The molecule has 0 amide bonds. The number of hydrogen-bond donors (Lipinski definition) is 2. The lowest BCUT2D eigenvalue weighted by molar-refractivity contribution is -0.154. The average molecular weight is 213 g/mol. The van der Waals surface area contributed by atoms with Gasteiger partial charge in [0, 0.05) is 5.33 Å². The van der Waals surface area contributed by atoms with Gasteiger partial charge in [0.05, 0.1) is 6.61 Å². The second kappa shape index (κ2) is 5.64. The van der Waals surface area contributed by atoms with E-state index in [2.05, 4.69) is 20.7 Å². The number of rotatable bonds is 4. The quantitative estimate of drug-likeness (QED) is 0.477. The molecule has 0 aromatic heterocycles. The molecule has 0 rings (SSSR count). The van der Waals surface area contributed by atoms with Crippen molar-refractivity contribution in [2.24, 2.45) is 0 Å². The molecule has 1 atom stereocenters. The smallest absolute Gasteiger partial charge is 0.337 e. The maximum atomic E-state index is 10.5. The molecule has 0 saturated heterocycles. The molecule has 60 valence electrons. The molecule has 5 heteroatoms. The Kier molecular flexibility index (Phi) is 5.57. The van der Waals surface area contributed by atoms with Crippen molar-refractivity contribution in [1.29, 1.82) is 0 Å². The normalized spacial score (nSPS) is 12.7. The molecule has 0 aliphatic rings. The third-order valence-electron chi connectivity index (χ3n) is 0.766. The van der Waals surface area contributed by atoms with Crippen LogP contribution in [0.2, 0.25) is 0 Å². The van der Waals surface area contributed by atoms with E-state index < -0.39 is 18.7 Å². The van der Waals surface area contributed by atoms with Gasteiger partial charge in [-0.25, -0.2) is 4.79 Å². The van der Waals surface area contributed by atoms with Crippen LogP contribution in [0.25, 0.3) is 0 Å². The van der Waals surface area contributed by atoms with Crippen molar-refractivity contribution in [3.8, 4) is 0 Å². The molecule has 0 bridgehead atoms. The molecule has 0 aromatic rings. The Morgan fingerprint density at radius 3 is 2.70 bits per heavy atom. The van der Waals surface area contributed by atoms with Gasteiger partial charge in [-0.1, -0.05) is 15.9 Å². The number of halogens is 1. The fourth-order valence-corrected chi connectivity index (χ4v) is 0.472. The van der Waals surface area contributed by atoms with Crippen molar-refractivity contribution >= 4 is 21.9 Å². The van der Waals surface area contributed by atoms with Crippen LogP contribution in [0.15, 0.2) is 0 Å². The van der Waals surface area contributed by atoms with Crippen molar-refractivity contribution in [1.82, 2.24) is 0 Å². The van der Waals surface area contributed by atoms with Crippen LogP contribution >= 0.6 is 15.9 Å². The summed E-state index contributed by atoms with van der Waals surface area (Å²) in [6.07, 6.45) is -1.40. The standard InChI is InChI=1S/C5H9BrO4/c6-1-2-10-5(9)4(8)3-7/h4,7-8H,1-3H2.